The number of halogens is 1. The summed E-state index contributed by atoms with van der Waals surface area (Å²) in [5.74, 6) is 0.867. The second-order valence-corrected chi connectivity index (χ2v) is 5.92. The van der Waals surface area contributed by atoms with Crippen LogP contribution < -0.4 is 4.90 Å². The molecule has 0 aliphatic carbocycles. The van der Waals surface area contributed by atoms with Crippen molar-refractivity contribution in [2.45, 2.75) is 18.9 Å². The Labute approximate surface area is 130 Å². The van der Waals surface area contributed by atoms with Gasteiger partial charge in [-0.15, -0.1) is 0 Å². The van der Waals surface area contributed by atoms with Crippen molar-refractivity contribution in [2.75, 3.05) is 44.3 Å². The van der Waals surface area contributed by atoms with E-state index in [4.69, 9.17) is 21.6 Å². The summed E-state index contributed by atoms with van der Waals surface area (Å²) in [5, 5.41) is 9.50. The van der Waals surface area contributed by atoms with E-state index in [1.807, 2.05) is 6.07 Å². The van der Waals surface area contributed by atoms with Crippen LogP contribution in [0.25, 0.3) is 0 Å². The van der Waals surface area contributed by atoms with Crippen LogP contribution in [-0.2, 0) is 4.74 Å². The normalized spacial score (nSPS) is 23.2. The van der Waals surface area contributed by atoms with Crippen molar-refractivity contribution in [1.82, 2.24) is 9.88 Å². The molecule has 2 fully saturated rings. The van der Waals surface area contributed by atoms with Crippen LogP contribution >= 0.6 is 11.6 Å². The highest BCUT2D eigenvalue weighted by Gasteiger charge is 2.28. The Morgan fingerprint density at radius 1 is 1.33 bits per heavy atom. The van der Waals surface area contributed by atoms with E-state index in [2.05, 4.69) is 20.9 Å². The number of morpholine rings is 1. The lowest BCUT2D eigenvalue weighted by Crippen LogP contribution is -2.45. The molecule has 3 heterocycles. The summed E-state index contributed by atoms with van der Waals surface area (Å²) in [4.78, 5) is 9.17. The molecule has 1 aromatic rings. The Morgan fingerprint density at radius 2 is 2.14 bits per heavy atom. The van der Waals surface area contributed by atoms with Crippen LogP contribution in [0.15, 0.2) is 12.1 Å². The van der Waals surface area contributed by atoms with Gasteiger partial charge < -0.3 is 9.64 Å². The lowest BCUT2D eigenvalue weighted by molar-refractivity contribution is 0.0354. The first-order chi connectivity index (χ1) is 10.3. The van der Waals surface area contributed by atoms with Crippen LogP contribution in [0.4, 0.5) is 5.82 Å². The summed E-state index contributed by atoms with van der Waals surface area (Å²) >= 11 is 5.97. The molecule has 0 spiro atoms. The fourth-order valence-electron chi connectivity index (χ4n) is 3.08. The summed E-state index contributed by atoms with van der Waals surface area (Å²) in [7, 11) is 0. The van der Waals surface area contributed by atoms with Gasteiger partial charge in [-0.3, -0.25) is 4.90 Å². The zero-order valence-corrected chi connectivity index (χ0v) is 12.7. The first-order valence-corrected chi connectivity index (χ1v) is 7.79. The molecule has 2 saturated heterocycles. The number of anilines is 1. The van der Waals surface area contributed by atoms with Gasteiger partial charge in [0.15, 0.2) is 5.69 Å². The molecule has 2 aliphatic rings. The summed E-state index contributed by atoms with van der Waals surface area (Å²) < 4.78 is 5.40. The van der Waals surface area contributed by atoms with Gasteiger partial charge in [-0.25, -0.2) is 4.98 Å². The first kappa shape index (κ1) is 14.6. The van der Waals surface area contributed by atoms with Gasteiger partial charge in [-0.05, 0) is 25.0 Å². The number of rotatable bonds is 3. The van der Waals surface area contributed by atoms with Crippen LogP contribution in [-0.4, -0.2) is 55.3 Å². The maximum Gasteiger partial charge on any atom is 0.161 e. The van der Waals surface area contributed by atoms with Crippen molar-refractivity contribution < 1.29 is 4.74 Å². The zero-order chi connectivity index (χ0) is 14.7. The van der Waals surface area contributed by atoms with E-state index < -0.39 is 0 Å². The van der Waals surface area contributed by atoms with Crippen molar-refractivity contribution >= 4 is 17.4 Å². The fraction of sp³-hybridized carbons (Fsp3) is 0.600. The molecule has 3 rings (SSSR count). The van der Waals surface area contributed by atoms with Crippen molar-refractivity contribution in [3.05, 3.63) is 22.8 Å². The molecule has 0 N–H and O–H groups in total. The molecule has 5 nitrogen and oxygen atoms in total. The molecule has 0 saturated carbocycles. The molecule has 0 amide bonds. The van der Waals surface area contributed by atoms with Gasteiger partial charge in [0.05, 0.1) is 18.2 Å². The van der Waals surface area contributed by atoms with Crippen molar-refractivity contribution in [3.63, 3.8) is 0 Å². The highest BCUT2D eigenvalue weighted by atomic mass is 35.5. The van der Waals surface area contributed by atoms with Crippen LogP contribution in [0, 0.1) is 11.3 Å². The lowest BCUT2D eigenvalue weighted by Gasteiger charge is -2.33. The number of hydrogen-bond donors (Lipinski definition) is 0. The van der Waals surface area contributed by atoms with Crippen molar-refractivity contribution in [2.24, 2.45) is 0 Å². The van der Waals surface area contributed by atoms with Gasteiger partial charge >= 0.3 is 0 Å². The molecule has 1 aromatic heterocycles. The molecule has 6 heteroatoms. The number of aromatic nitrogens is 1. The topological polar surface area (TPSA) is 52.4 Å². The summed E-state index contributed by atoms with van der Waals surface area (Å²) in [6.45, 7) is 5.68. The average molecular weight is 307 g/mol. The van der Waals surface area contributed by atoms with Gasteiger partial charge in [-0.1, -0.05) is 11.6 Å². The smallest absolute Gasteiger partial charge is 0.161 e. The minimum Gasteiger partial charge on any atom is -0.379 e. The predicted molar refractivity (Wildman–Crippen MR) is 81.6 cm³/mol. The van der Waals surface area contributed by atoms with Crippen LogP contribution in [0.5, 0.6) is 0 Å². The molecule has 1 atom stereocenters. The second-order valence-electron chi connectivity index (χ2n) is 5.51. The minimum atomic E-state index is 0.311. The molecule has 0 bridgehead atoms. The molecule has 0 aromatic carbocycles. The monoisotopic (exact) mass is 306 g/mol. The van der Waals surface area contributed by atoms with Crippen LogP contribution in [0.3, 0.4) is 0 Å². The van der Waals surface area contributed by atoms with Gasteiger partial charge in [0.25, 0.3) is 0 Å². The maximum absolute atomic E-state index is 9.08. The van der Waals surface area contributed by atoms with E-state index in [0.29, 0.717) is 16.8 Å². The number of ether oxygens (including phenoxy) is 1. The van der Waals surface area contributed by atoms with Crippen LogP contribution in [0.1, 0.15) is 18.5 Å². The van der Waals surface area contributed by atoms with Crippen molar-refractivity contribution in [1.29, 1.82) is 5.26 Å². The Kier molecular flexibility index (Phi) is 4.59. The maximum atomic E-state index is 9.08. The Morgan fingerprint density at radius 3 is 2.90 bits per heavy atom. The Hall–Kier alpha value is -1.35. The third-order valence-electron chi connectivity index (χ3n) is 4.18. The van der Waals surface area contributed by atoms with E-state index in [9.17, 15) is 0 Å². The fourth-order valence-corrected chi connectivity index (χ4v) is 3.23. The standard InChI is InChI=1S/C15H19ClN4O/c16-13-3-4-15(18-14(13)10-17)20-5-1-2-12(20)11-19-6-8-21-9-7-19/h3-4,12H,1-2,5-9,11H2/t12-/m1/s1. The van der Waals surface area contributed by atoms with Gasteiger partial charge in [-0.2, -0.15) is 5.26 Å². The van der Waals surface area contributed by atoms with E-state index >= 15 is 0 Å². The molecule has 2 aliphatic heterocycles. The molecular formula is C15H19ClN4O. The van der Waals surface area contributed by atoms with Gasteiger partial charge in [0.1, 0.15) is 11.9 Å². The molecule has 0 radical (unpaired) electrons. The molecule has 0 unspecified atom stereocenters. The first-order valence-electron chi connectivity index (χ1n) is 7.41. The Bertz CT molecular complexity index is 539. The van der Waals surface area contributed by atoms with E-state index in [0.717, 1.165) is 45.2 Å². The third-order valence-corrected chi connectivity index (χ3v) is 4.49. The number of nitriles is 1. The molecule has 21 heavy (non-hydrogen) atoms. The summed E-state index contributed by atoms with van der Waals surface area (Å²) in [6, 6.07) is 6.21. The number of hydrogen-bond acceptors (Lipinski definition) is 5. The highest BCUT2D eigenvalue weighted by Crippen LogP contribution is 2.26. The quantitative estimate of drug-likeness (QED) is 0.854. The molecular weight excluding hydrogens is 288 g/mol. The summed E-state index contributed by atoms with van der Waals surface area (Å²) in [5.41, 5.74) is 0.311. The van der Waals surface area contributed by atoms with Gasteiger partial charge in [0.2, 0.25) is 0 Å². The molecule has 112 valence electrons. The van der Waals surface area contributed by atoms with Crippen LogP contribution in [0.2, 0.25) is 5.02 Å². The van der Waals surface area contributed by atoms with E-state index in [-0.39, 0.29) is 0 Å². The third kappa shape index (κ3) is 3.29. The predicted octanol–water partition coefficient (Wildman–Crippen LogP) is 1.91. The average Bonchev–Trinajstić information content (AvgIpc) is 2.97. The van der Waals surface area contributed by atoms with Gasteiger partial charge in [0, 0.05) is 32.2 Å². The number of nitrogens with zero attached hydrogens (tertiary/aromatic N) is 4. The largest absolute Gasteiger partial charge is 0.379 e. The second kappa shape index (κ2) is 6.61. The summed E-state index contributed by atoms with van der Waals surface area (Å²) in [6.07, 6.45) is 2.34. The number of pyridine rings is 1. The Balaban J connectivity index is 1.72. The zero-order valence-electron chi connectivity index (χ0n) is 12.0. The lowest BCUT2D eigenvalue weighted by atomic mass is 10.2. The SMILES string of the molecule is N#Cc1nc(N2CCC[C@@H]2CN2CCOCC2)ccc1Cl. The van der Waals surface area contributed by atoms with E-state index in [1.165, 1.54) is 12.8 Å². The van der Waals surface area contributed by atoms with E-state index in [1.54, 1.807) is 6.07 Å². The minimum absolute atomic E-state index is 0.311. The highest BCUT2D eigenvalue weighted by molar-refractivity contribution is 6.31. The van der Waals surface area contributed by atoms with Crippen molar-refractivity contribution in [3.8, 4) is 6.07 Å².